The highest BCUT2D eigenvalue weighted by atomic mass is 16.6. The van der Waals surface area contributed by atoms with Gasteiger partial charge in [-0.2, -0.15) is 0 Å². The lowest BCUT2D eigenvalue weighted by atomic mass is 9.96. The van der Waals surface area contributed by atoms with Crippen LogP contribution >= 0.6 is 0 Å². The molecule has 1 aliphatic rings. The summed E-state index contributed by atoms with van der Waals surface area (Å²) in [4.78, 5) is 54.4. The fraction of sp³-hybridized carbons (Fsp3) is 0.524. The van der Waals surface area contributed by atoms with Crippen LogP contribution < -0.4 is 5.32 Å². The van der Waals surface area contributed by atoms with E-state index in [2.05, 4.69) is 10.3 Å². The number of aliphatic imine (C=N–C) groups is 1. The molecule has 1 saturated heterocycles. The number of ether oxygens (including phenoxy) is 2. The molecule has 0 spiro atoms. The van der Waals surface area contributed by atoms with Gasteiger partial charge in [0.05, 0.1) is 30.7 Å². The van der Waals surface area contributed by atoms with Crippen molar-refractivity contribution in [2.24, 2.45) is 4.99 Å². The van der Waals surface area contributed by atoms with Crippen molar-refractivity contribution in [3.63, 3.8) is 0 Å². The summed E-state index contributed by atoms with van der Waals surface area (Å²) in [6.07, 6.45) is 0. The van der Waals surface area contributed by atoms with Crippen LogP contribution in [0, 0.1) is 10.1 Å². The van der Waals surface area contributed by atoms with Gasteiger partial charge in [-0.3, -0.25) is 29.6 Å². The molecular weight excluding hydrogens is 420 g/mol. The van der Waals surface area contributed by atoms with E-state index in [1.165, 1.54) is 17.0 Å². The summed E-state index contributed by atoms with van der Waals surface area (Å²) in [5, 5.41) is 13.9. The summed E-state index contributed by atoms with van der Waals surface area (Å²) >= 11 is 0. The molecule has 0 radical (unpaired) electrons. The maximum Gasteiger partial charge on any atom is 0.338 e. The number of carbonyl (C=O) groups is 3. The third kappa shape index (κ3) is 6.33. The van der Waals surface area contributed by atoms with Gasteiger partial charge < -0.3 is 14.8 Å². The fourth-order valence-electron chi connectivity index (χ4n) is 3.29. The van der Waals surface area contributed by atoms with Crippen molar-refractivity contribution in [3.05, 3.63) is 39.4 Å². The number of amidine groups is 1. The van der Waals surface area contributed by atoms with Gasteiger partial charge in [0, 0.05) is 18.2 Å². The predicted octanol–water partition coefficient (Wildman–Crippen LogP) is 2.00. The molecule has 1 aliphatic heterocycles. The Hall–Kier alpha value is -3.34. The SMILES string of the molecule is COC(=O)c1cc([N+](=O)[O-])ccc1C1C(=O)NC(=NC(C)C)CN1CC(=O)OC(C)(C)C. The van der Waals surface area contributed by atoms with Crippen molar-refractivity contribution in [2.75, 3.05) is 20.2 Å². The van der Waals surface area contributed by atoms with Crippen LogP contribution in [0.2, 0.25) is 0 Å². The minimum Gasteiger partial charge on any atom is -0.465 e. The van der Waals surface area contributed by atoms with Crippen LogP contribution in [0.3, 0.4) is 0 Å². The Morgan fingerprint density at radius 1 is 1.34 bits per heavy atom. The van der Waals surface area contributed by atoms with Crippen LogP contribution in [0.5, 0.6) is 0 Å². The Kier molecular flexibility index (Phi) is 7.68. The number of rotatable bonds is 6. The third-order valence-corrected chi connectivity index (χ3v) is 4.35. The monoisotopic (exact) mass is 448 g/mol. The van der Waals surface area contributed by atoms with Crippen LogP contribution in [-0.4, -0.2) is 65.3 Å². The number of esters is 2. The van der Waals surface area contributed by atoms with Crippen LogP contribution in [0.4, 0.5) is 5.69 Å². The highest BCUT2D eigenvalue weighted by molar-refractivity contribution is 6.05. The first-order chi connectivity index (χ1) is 14.8. The Labute approximate surface area is 185 Å². The number of benzene rings is 1. The van der Waals surface area contributed by atoms with Gasteiger partial charge in [0.15, 0.2) is 0 Å². The lowest BCUT2D eigenvalue weighted by Gasteiger charge is -2.36. The van der Waals surface area contributed by atoms with Gasteiger partial charge in [0.25, 0.3) is 5.69 Å². The molecule has 11 heteroatoms. The van der Waals surface area contributed by atoms with Gasteiger partial charge in [0.2, 0.25) is 5.91 Å². The van der Waals surface area contributed by atoms with Crippen LogP contribution in [0.1, 0.15) is 56.6 Å². The van der Waals surface area contributed by atoms with Crippen molar-refractivity contribution >= 4 is 29.4 Å². The van der Waals surface area contributed by atoms with Crippen LogP contribution in [0.15, 0.2) is 23.2 Å². The molecule has 1 atom stereocenters. The van der Waals surface area contributed by atoms with Crippen molar-refractivity contribution in [1.29, 1.82) is 0 Å². The van der Waals surface area contributed by atoms with Gasteiger partial charge in [-0.1, -0.05) is 0 Å². The van der Waals surface area contributed by atoms with Gasteiger partial charge >= 0.3 is 11.9 Å². The summed E-state index contributed by atoms with van der Waals surface area (Å²) < 4.78 is 10.2. The maximum absolute atomic E-state index is 13.1. The molecule has 1 amide bonds. The molecule has 0 saturated carbocycles. The average Bonchev–Trinajstić information content (AvgIpc) is 2.64. The van der Waals surface area contributed by atoms with Gasteiger partial charge in [0.1, 0.15) is 17.5 Å². The van der Waals surface area contributed by atoms with E-state index in [-0.39, 0.29) is 35.9 Å². The topological polar surface area (TPSA) is 140 Å². The number of nitro groups is 1. The lowest BCUT2D eigenvalue weighted by Crippen LogP contribution is -2.55. The zero-order chi connectivity index (χ0) is 24.2. The smallest absolute Gasteiger partial charge is 0.338 e. The Morgan fingerprint density at radius 3 is 2.53 bits per heavy atom. The first kappa shape index (κ1) is 24.9. The number of piperazine rings is 1. The second-order valence-electron chi connectivity index (χ2n) is 8.57. The molecule has 1 aromatic rings. The van der Waals surface area contributed by atoms with E-state index < -0.39 is 34.4 Å². The van der Waals surface area contributed by atoms with E-state index in [1.54, 1.807) is 20.8 Å². The second-order valence-corrected chi connectivity index (χ2v) is 8.57. The Bertz CT molecular complexity index is 950. The normalized spacial score (nSPS) is 18.4. The molecule has 1 unspecified atom stereocenters. The van der Waals surface area contributed by atoms with Crippen molar-refractivity contribution < 1.29 is 28.8 Å². The number of nitrogens with one attached hydrogen (secondary N) is 1. The van der Waals surface area contributed by atoms with E-state index in [4.69, 9.17) is 9.47 Å². The van der Waals surface area contributed by atoms with Gasteiger partial charge in [-0.05, 0) is 46.2 Å². The summed E-state index contributed by atoms with van der Waals surface area (Å²) in [6, 6.07) is 2.37. The molecule has 32 heavy (non-hydrogen) atoms. The lowest BCUT2D eigenvalue weighted by molar-refractivity contribution is -0.384. The standard InChI is InChI=1S/C21H28N4O7/c1-12(2)22-16-10-24(11-17(26)32-21(3,4)5)18(19(27)23-16)14-8-7-13(25(29)30)9-15(14)20(28)31-6/h7-9,12,18H,10-11H2,1-6H3,(H,22,23,27). The molecule has 1 N–H and O–H groups in total. The fourth-order valence-corrected chi connectivity index (χ4v) is 3.29. The van der Waals surface area contributed by atoms with Crippen LogP contribution in [0.25, 0.3) is 0 Å². The van der Waals surface area contributed by atoms with Gasteiger partial charge in [-0.15, -0.1) is 0 Å². The largest absolute Gasteiger partial charge is 0.465 e. The molecule has 2 rings (SSSR count). The molecule has 0 bridgehead atoms. The molecule has 0 aromatic heterocycles. The van der Waals surface area contributed by atoms with E-state index in [0.29, 0.717) is 5.84 Å². The number of carbonyl (C=O) groups excluding carboxylic acids is 3. The molecular formula is C21H28N4O7. The summed E-state index contributed by atoms with van der Waals surface area (Å²) in [5.74, 6) is -1.57. The Morgan fingerprint density at radius 2 is 2.00 bits per heavy atom. The summed E-state index contributed by atoms with van der Waals surface area (Å²) in [7, 11) is 1.14. The predicted molar refractivity (Wildman–Crippen MR) is 115 cm³/mol. The second kappa shape index (κ2) is 9.86. The number of hydrogen-bond donors (Lipinski definition) is 1. The number of methoxy groups -OCH3 is 1. The van der Waals surface area contributed by atoms with E-state index in [0.717, 1.165) is 13.2 Å². The average molecular weight is 448 g/mol. The molecule has 174 valence electrons. The number of nitrogens with zero attached hydrogens (tertiary/aromatic N) is 3. The Balaban J connectivity index is 2.54. The molecule has 11 nitrogen and oxygen atoms in total. The van der Waals surface area contributed by atoms with E-state index >= 15 is 0 Å². The minimum atomic E-state index is -1.09. The number of non-ortho nitro benzene ring substituents is 1. The highest BCUT2D eigenvalue weighted by Gasteiger charge is 2.38. The van der Waals surface area contributed by atoms with Crippen LogP contribution in [-0.2, 0) is 19.1 Å². The number of amides is 1. The molecule has 1 heterocycles. The first-order valence-corrected chi connectivity index (χ1v) is 10.0. The van der Waals surface area contributed by atoms with Crippen molar-refractivity contribution in [2.45, 2.75) is 52.3 Å². The number of hydrogen-bond acceptors (Lipinski definition) is 9. The molecule has 0 aliphatic carbocycles. The number of nitro benzene ring substituents is 1. The minimum absolute atomic E-state index is 0.102. The van der Waals surface area contributed by atoms with E-state index in [9.17, 15) is 24.5 Å². The zero-order valence-corrected chi connectivity index (χ0v) is 19.0. The first-order valence-electron chi connectivity index (χ1n) is 10.0. The van der Waals surface area contributed by atoms with E-state index in [1.807, 2.05) is 13.8 Å². The third-order valence-electron chi connectivity index (χ3n) is 4.35. The molecule has 1 aromatic carbocycles. The van der Waals surface area contributed by atoms with Crippen molar-refractivity contribution in [1.82, 2.24) is 10.2 Å². The van der Waals surface area contributed by atoms with Gasteiger partial charge in [-0.25, -0.2) is 4.79 Å². The summed E-state index contributed by atoms with van der Waals surface area (Å²) in [5.41, 5.74) is -1.03. The highest BCUT2D eigenvalue weighted by Crippen LogP contribution is 2.30. The quantitative estimate of drug-likeness (QED) is 0.396. The maximum atomic E-state index is 13.1. The zero-order valence-electron chi connectivity index (χ0n) is 19.0. The molecule has 1 fully saturated rings. The summed E-state index contributed by atoms with van der Waals surface area (Å²) in [6.45, 7) is 8.70. The van der Waals surface area contributed by atoms with Crippen molar-refractivity contribution in [3.8, 4) is 0 Å².